The molecule has 0 radical (unpaired) electrons. The summed E-state index contributed by atoms with van der Waals surface area (Å²) in [4.78, 5) is 0. The van der Waals surface area contributed by atoms with Gasteiger partial charge in [-0.2, -0.15) is 0 Å². The zero-order valence-electron chi connectivity index (χ0n) is 13.6. The molecule has 1 unspecified atom stereocenters. The molecule has 0 saturated carbocycles. The van der Waals surface area contributed by atoms with Gasteiger partial charge in [-0.1, -0.05) is 6.07 Å². The van der Waals surface area contributed by atoms with E-state index >= 15 is 0 Å². The molecule has 1 aromatic carbocycles. The van der Waals surface area contributed by atoms with E-state index in [0.29, 0.717) is 18.0 Å². The number of hydrogen-bond donors (Lipinski definition) is 4. The fourth-order valence-corrected chi connectivity index (χ4v) is 1.82. The Balaban J connectivity index is 0. The van der Waals surface area contributed by atoms with Crippen molar-refractivity contribution in [2.75, 3.05) is 40.0 Å². The van der Waals surface area contributed by atoms with Crippen LogP contribution >= 0.6 is 24.8 Å². The van der Waals surface area contributed by atoms with Gasteiger partial charge in [-0.15, -0.1) is 24.8 Å². The predicted molar refractivity (Wildman–Crippen MR) is 96.3 cm³/mol. The minimum absolute atomic E-state index is 0. The van der Waals surface area contributed by atoms with Gasteiger partial charge in [0, 0.05) is 26.2 Å². The van der Waals surface area contributed by atoms with Crippen LogP contribution in [0.15, 0.2) is 18.2 Å². The van der Waals surface area contributed by atoms with Crippen molar-refractivity contribution in [3.63, 3.8) is 0 Å². The first-order valence-electron chi connectivity index (χ1n) is 7.17. The third kappa shape index (κ3) is 10.6. The number of benzene rings is 1. The Morgan fingerprint density at radius 3 is 2.43 bits per heavy atom. The fraction of sp³-hybridized carbons (Fsp3) is 0.600. The summed E-state index contributed by atoms with van der Waals surface area (Å²) >= 11 is 0. The third-order valence-electron chi connectivity index (χ3n) is 2.82. The van der Waals surface area contributed by atoms with Crippen LogP contribution in [0, 0.1) is 0 Å². The first-order valence-corrected chi connectivity index (χ1v) is 7.17. The maximum Gasteiger partial charge on any atom is 0.161 e. The molecule has 0 bridgehead atoms. The van der Waals surface area contributed by atoms with Crippen molar-refractivity contribution in [1.82, 2.24) is 10.6 Å². The van der Waals surface area contributed by atoms with Crippen molar-refractivity contribution >= 4 is 24.8 Å². The number of halogens is 2. The summed E-state index contributed by atoms with van der Waals surface area (Å²) < 4.78 is 10.7. The van der Waals surface area contributed by atoms with Gasteiger partial charge in [-0.05, 0) is 24.6 Å². The van der Waals surface area contributed by atoms with E-state index < -0.39 is 0 Å². The summed E-state index contributed by atoms with van der Waals surface area (Å²) in [5.74, 6) is 1.30. The summed E-state index contributed by atoms with van der Waals surface area (Å²) in [6.45, 7) is 4.94. The van der Waals surface area contributed by atoms with Crippen molar-refractivity contribution in [1.29, 1.82) is 0 Å². The highest BCUT2D eigenvalue weighted by atomic mass is 35.5. The molecule has 0 spiro atoms. The van der Waals surface area contributed by atoms with Gasteiger partial charge in [0.1, 0.15) is 6.61 Å². The number of aliphatic hydroxyl groups is 2. The Labute approximate surface area is 150 Å². The zero-order valence-corrected chi connectivity index (χ0v) is 15.2. The Bertz CT molecular complexity index is 409. The Morgan fingerprint density at radius 1 is 1.13 bits per heavy atom. The molecule has 0 amide bonds. The molecule has 6 nitrogen and oxygen atoms in total. The minimum atomic E-state index is -0.319. The van der Waals surface area contributed by atoms with E-state index in [1.165, 1.54) is 0 Å². The molecule has 1 rings (SSSR count). The van der Waals surface area contributed by atoms with Crippen LogP contribution in [0.2, 0.25) is 0 Å². The van der Waals surface area contributed by atoms with Gasteiger partial charge in [0.25, 0.3) is 0 Å². The minimum Gasteiger partial charge on any atom is -0.493 e. The molecule has 0 saturated heterocycles. The highest BCUT2D eigenvalue weighted by Crippen LogP contribution is 2.27. The summed E-state index contributed by atoms with van der Waals surface area (Å²) in [5.41, 5.74) is 1.10. The molecule has 1 atom stereocenters. The van der Waals surface area contributed by atoms with E-state index in [0.717, 1.165) is 25.2 Å². The number of nitrogens with one attached hydrogen (secondary N) is 2. The van der Waals surface area contributed by atoms with Gasteiger partial charge in [0.15, 0.2) is 11.5 Å². The monoisotopic (exact) mass is 370 g/mol. The van der Waals surface area contributed by atoms with E-state index in [1.54, 1.807) is 14.0 Å². The van der Waals surface area contributed by atoms with Crippen LogP contribution in [-0.4, -0.2) is 56.3 Å². The lowest BCUT2D eigenvalue weighted by Gasteiger charge is -2.12. The van der Waals surface area contributed by atoms with Crippen LogP contribution in [0.1, 0.15) is 12.5 Å². The molecule has 4 N–H and O–H groups in total. The second-order valence-electron chi connectivity index (χ2n) is 4.79. The van der Waals surface area contributed by atoms with Gasteiger partial charge in [-0.25, -0.2) is 0 Å². The molecule has 23 heavy (non-hydrogen) atoms. The molecule has 0 aliphatic carbocycles. The second-order valence-corrected chi connectivity index (χ2v) is 4.79. The van der Waals surface area contributed by atoms with Gasteiger partial charge >= 0.3 is 0 Å². The summed E-state index contributed by atoms with van der Waals surface area (Å²) in [6, 6.07) is 5.73. The second kappa shape index (κ2) is 14.8. The van der Waals surface area contributed by atoms with E-state index in [1.807, 2.05) is 18.2 Å². The Morgan fingerprint density at radius 2 is 1.83 bits per heavy atom. The van der Waals surface area contributed by atoms with Crippen LogP contribution in [0.5, 0.6) is 11.5 Å². The van der Waals surface area contributed by atoms with E-state index in [-0.39, 0.29) is 44.1 Å². The van der Waals surface area contributed by atoms with Crippen LogP contribution in [-0.2, 0) is 6.54 Å². The highest BCUT2D eigenvalue weighted by molar-refractivity contribution is 5.85. The molecular formula is C15H28Cl2N2O4. The van der Waals surface area contributed by atoms with Crippen molar-refractivity contribution < 1.29 is 19.7 Å². The summed E-state index contributed by atoms with van der Waals surface area (Å²) in [5, 5.41) is 24.3. The number of ether oxygens (including phenoxy) is 2. The lowest BCUT2D eigenvalue weighted by Crippen LogP contribution is -2.31. The maximum atomic E-state index is 9.11. The number of methoxy groups -OCH3 is 1. The van der Waals surface area contributed by atoms with Crippen LogP contribution in [0.3, 0.4) is 0 Å². The first kappa shape index (κ1) is 24.5. The standard InChI is InChI=1S/C15H26N2O4.2ClH/c1-12(19)10-16-5-6-17-11-13-3-4-14(21-8-7-18)15(9-13)20-2;;/h3-4,9,12,16-19H,5-8,10-11H2,1-2H3;2*1H. The molecule has 0 heterocycles. The number of hydrogen-bond acceptors (Lipinski definition) is 6. The normalized spacial score (nSPS) is 11.1. The molecule has 0 aromatic heterocycles. The van der Waals surface area contributed by atoms with Crippen molar-refractivity contribution in [2.24, 2.45) is 0 Å². The van der Waals surface area contributed by atoms with E-state index in [2.05, 4.69) is 10.6 Å². The van der Waals surface area contributed by atoms with Crippen molar-refractivity contribution in [3.05, 3.63) is 23.8 Å². The molecule has 0 fully saturated rings. The fourth-order valence-electron chi connectivity index (χ4n) is 1.82. The lowest BCUT2D eigenvalue weighted by atomic mass is 10.2. The van der Waals surface area contributed by atoms with Crippen LogP contribution in [0.4, 0.5) is 0 Å². The van der Waals surface area contributed by atoms with Gasteiger partial charge < -0.3 is 30.3 Å². The maximum absolute atomic E-state index is 9.11. The van der Waals surface area contributed by atoms with E-state index in [4.69, 9.17) is 19.7 Å². The van der Waals surface area contributed by atoms with Crippen molar-refractivity contribution in [2.45, 2.75) is 19.6 Å². The van der Waals surface area contributed by atoms with Gasteiger partial charge in [-0.3, -0.25) is 0 Å². The average Bonchev–Trinajstić information content (AvgIpc) is 2.48. The van der Waals surface area contributed by atoms with Crippen LogP contribution in [0.25, 0.3) is 0 Å². The molecule has 0 aliphatic rings. The quantitative estimate of drug-likeness (QED) is 0.434. The molecular weight excluding hydrogens is 343 g/mol. The lowest BCUT2D eigenvalue weighted by molar-refractivity contribution is 0.191. The number of rotatable bonds is 11. The molecule has 8 heteroatoms. The smallest absolute Gasteiger partial charge is 0.161 e. The Kier molecular flexibility index (Phi) is 15.8. The largest absolute Gasteiger partial charge is 0.493 e. The third-order valence-corrected chi connectivity index (χ3v) is 2.82. The van der Waals surface area contributed by atoms with Crippen molar-refractivity contribution in [3.8, 4) is 11.5 Å². The summed E-state index contributed by atoms with van der Waals surface area (Å²) in [6.07, 6.45) is -0.319. The number of aliphatic hydroxyl groups excluding tert-OH is 2. The van der Waals surface area contributed by atoms with Crippen LogP contribution < -0.4 is 20.1 Å². The SMILES string of the molecule is COc1cc(CNCCNCC(C)O)ccc1OCCO.Cl.Cl. The molecule has 1 aromatic rings. The van der Waals surface area contributed by atoms with E-state index in [9.17, 15) is 0 Å². The Hall–Kier alpha value is -0.760. The topological polar surface area (TPSA) is 83.0 Å². The summed E-state index contributed by atoms with van der Waals surface area (Å²) in [7, 11) is 1.60. The first-order chi connectivity index (χ1) is 10.2. The van der Waals surface area contributed by atoms with Gasteiger partial charge in [0.2, 0.25) is 0 Å². The highest BCUT2D eigenvalue weighted by Gasteiger charge is 2.05. The molecule has 0 aliphatic heterocycles. The van der Waals surface area contributed by atoms with Gasteiger partial charge in [0.05, 0.1) is 19.8 Å². The predicted octanol–water partition coefficient (Wildman–Crippen LogP) is 0.970. The molecule has 136 valence electrons. The zero-order chi connectivity index (χ0) is 15.5. The average molecular weight is 371 g/mol.